The van der Waals surface area contributed by atoms with Crippen molar-refractivity contribution in [2.24, 2.45) is 0 Å². The van der Waals surface area contributed by atoms with Crippen LogP contribution in [-0.4, -0.2) is 32.5 Å². The van der Waals surface area contributed by atoms with Gasteiger partial charge < -0.3 is 14.3 Å². The molecule has 0 saturated carbocycles. The summed E-state index contributed by atoms with van der Waals surface area (Å²) in [6.07, 6.45) is 2.61. The van der Waals surface area contributed by atoms with E-state index in [0.29, 0.717) is 31.2 Å². The molecule has 0 aliphatic carbocycles. The van der Waals surface area contributed by atoms with E-state index in [1.807, 2.05) is 30.5 Å². The number of aliphatic carboxylic acids is 1. The SMILES string of the molecule is Cc1oc(-c2cccs2)nc1CCOc1ccc(CC(Br)C(=O)O)cn1. The second-order valence-electron chi connectivity index (χ2n) is 5.61. The standard InChI is InChI=1S/C18H17BrN2O4S/c1-11-14(21-17(25-11)15-3-2-8-26-15)6-7-24-16-5-4-12(10-20-16)9-13(19)18(22)23/h2-5,8,10,13H,6-7,9H2,1H3,(H,22,23). The second kappa shape index (κ2) is 8.46. The first kappa shape index (κ1) is 18.6. The van der Waals surface area contributed by atoms with Gasteiger partial charge in [0.25, 0.3) is 0 Å². The molecule has 6 nitrogen and oxygen atoms in total. The van der Waals surface area contributed by atoms with Crippen molar-refractivity contribution in [2.45, 2.75) is 24.6 Å². The number of carboxylic acid groups (broad SMARTS) is 1. The molecule has 0 radical (unpaired) electrons. The molecule has 3 aromatic rings. The first-order valence-corrected chi connectivity index (χ1v) is 9.77. The van der Waals surface area contributed by atoms with Gasteiger partial charge in [0.2, 0.25) is 11.8 Å². The van der Waals surface area contributed by atoms with Gasteiger partial charge in [-0.05, 0) is 30.4 Å². The molecule has 3 aromatic heterocycles. The zero-order valence-electron chi connectivity index (χ0n) is 14.0. The maximum atomic E-state index is 10.8. The highest BCUT2D eigenvalue weighted by molar-refractivity contribution is 9.10. The van der Waals surface area contributed by atoms with Gasteiger partial charge in [0.05, 0.1) is 17.2 Å². The van der Waals surface area contributed by atoms with Crippen molar-refractivity contribution in [2.75, 3.05) is 6.61 Å². The van der Waals surface area contributed by atoms with E-state index < -0.39 is 10.8 Å². The number of ether oxygens (including phenoxy) is 1. The van der Waals surface area contributed by atoms with Crippen molar-refractivity contribution in [3.63, 3.8) is 0 Å². The highest BCUT2D eigenvalue weighted by Crippen LogP contribution is 2.26. The van der Waals surface area contributed by atoms with E-state index in [-0.39, 0.29) is 0 Å². The Bertz CT molecular complexity index is 862. The number of thiophene rings is 1. The van der Waals surface area contributed by atoms with E-state index in [0.717, 1.165) is 21.9 Å². The van der Waals surface area contributed by atoms with Crippen LogP contribution in [0.1, 0.15) is 17.0 Å². The summed E-state index contributed by atoms with van der Waals surface area (Å²) in [7, 11) is 0. The number of carbonyl (C=O) groups is 1. The Morgan fingerprint density at radius 3 is 2.92 bits per heavy atom. The minimum Gasteiger partial charge on any atom is -0.480 e. The summed E-state index contributed by atoms with van der Waals surface area (Å²) >= 11 is 4.70. The van der Waals surface area contributed by atoms with Crippen LogP contribution in [0.2, 0.25) is 0 Å². The van der Waals surface area contributed by atoms with Crippen LogP contribution in [-0.2, 0) is 17.6 Å². The third-order valence-electron chi connectivity index (χ3n) is 3.69. The van der Waals surface area contributed by atoms with Gasteiger partial charge in [-0.3, -0.25) is 4.79 Å². The number of rotatable bonds is 8. The van der Waals surface area contributed by atoms with Crippen molar-refractivity contribution >= 4 is 33.2 Å². The van der Waals surface area contributed by atoms with E-state index in [2.05, 4.69) is 25.9 Å². The van der Waals surface area contributed by atoms with Crippen LogP contribution in [0.3, 0.4) is 0 Å². The molecule has 0 aromatic carbocycles. The van der Waals surface area contributed by atoms with Gasteiger partial charge in [0.1, 0.15) is 10.6 Å². The fourth-order valence-electron chi connectivity index (χ4n) is 2.33. The second-order valence-corrected chi connectivity index (χ2v) is 7.67. The monoisotopic (exact) mass is 436 g/mol. The molecule has 0 saturated heterocycles. The number of aryl methyl sites for hydroxylation is 1. The largest absolute Gasteiger partial charge is 0.480 e. The number of alkyl halides is 1. The summed E-state index contributed by atoms with van der Waals surface area (Å²) in [6, 6.07) is 7.49. The molecule has 3 rings (SSSR count). The Balaban J connectivity index is 1.53. The molecule has 0 spiro atoms. The molecule has 1 unspecified atom stereocenters. The number of nitrogens with zero attached hydrogens (tertiary/aromatic N) is 2. The quantitative estimate of drug-likeness (QED) is 0.534. The summed E-state index contributed by atoms with van der Waals surface area (Å²) in [4.78, 5) is 20.0. The lowest BCUT2D eigenvalue weighted by atomic mass is 10.1. The van der Waals surface area contributed by atoms with E-state index in [4.69, 9.17) is 14.3 Å². The summed E-state index contributed by atoms with van der Waals surface area (Å²) in [5, 5.41) is 10.9. The van der Waals surface area contributed by atoms with Crippen LogP contribution >= 0.6 is 27.3 Å². The zero-order valence-corrected chi connectivity index (χ0v) is 16.4. The smallest absolute Gasteiger partial charge is 0.317 e. The average Bonchev–Trinajstić information content (AvgIpc) is 3.26. The minimum atomic E-state index is -0.893. The number of aromatic nitrogens is 2. The van der Waals surface area contributed by atoms with Gasteiger partial charge in [0.15, 0.2) is 0 Å². The number of halogens is 1. The van der Waals surface area contributed by atoms with Crippen LogP contribution < -0.4 is 4.74 Å². The fraction of sp³-hybridized carbons (Fsp3) is 0.278. The normalized spacial score (nSPS) is 12.1. The number of oxazole rings is 1. The lowest BCUT2D eigenvalue weighted by Gasteiger charge is -2.07. The first-order valence-electron chi connectivity index (χ1n) is 7.97. The zero-order chi connectivity index (χ0) is 18.5. The van der Waals surface area contributed by atoms with Crippen molar-refractivity contribution in [3.8, 4) is 16.6 Å². The molecule has 0 aliphatic rings. The first-order chi connectivity index (χ1) is 12.5. The van der Waals surface area contributed by atoms with E-state index in [1.165, 1.54) is 0 Å². The molecular formula is C18H17BrN2O4S. The lowest BCUT2D eigenvalue weighted by molar-refractivity contribution is -0.136. The summed E-state index contributed by atoms with van der Waals surface area (Å²) < 4.78 is 11.4. The Labute approximate surface area is 163 Å². The molecule has 0 amide bonds. The van der Waals surface area contributed by atoms with Gasteiger partial charge in [-0.25, -0.2) is 9.97 Å². The maximum Gasteiger partial charge on any atom is 0.317 e. The topological polar surface area (TPSA) is 85.5 Å². The van der Waals surface area contributed by atoms with Crippen molar-refractivity contribution in [1.82, 2.24) is 9.97 Å². The molecule has 136 valence electrons. The van der Waals surface area contributed by atoms with E-state index in [1.54, 1.807) is 23.6 Å². The van der Waals surface area contributed by atoms with Gasteiger partial charge in [0, 0.05) is 18.7 Å². The van der Waals surface area contributed by atoms with Crippen LogP contribution in [0.5, 0.6) is 5.88 Å². The van der Waals surface area contributed by atoms with Crippen LogP contribution in [0.25, 0.3) is 10.8 Å². The highest BCUT2D eigenvalue weighted by Gasteiger charge is 2.14. The van der Waals surface area contributed by atoms with Gasteiger partial charge in [-0.2, -0.15) is 0 Å². The van der Waals surface area contributed by atoms with Crippen LogP contribution in [0.15, 0.2) is 40.3 Å². The molecule has 1 N–H and O–H groups in total. The van der Waals surface area contributed by atoms with Gasteiger partial charge in [-0.15, -0.1) is 11.3 Å². The van der Waals surface area contributed by atoms with Gasteiger partial charge in [-0.1, -0.05) is 28.1 Å². The Kier molecular flexibility index (Phi) is 6.05. The van der Waals surface area contributed by atoms with Crippen LogP contribution in [0, 0.1) is 6.92 Å². The van der Waals surface area contributed by atoms with E-state index >= 15 is 0 Å². The van der Waals surface area contributed by atoms with Crippen molar-refractivity contribution in [1.29, 1.82) is 0 Å². The molecule has 0 bridgehead atoms. The highest BCUT2D eigenvalue weighted by atomic mass is 79.9. The molecule has 0 fully saturated rings. The Hall–Kier alpha value is -2.19. The summed E-state index contributed by atoms with van der Waals surface area (Å²) in [5.74, 6) is 1.03. The van der Waals surface area contributed by atoms with Crippen molar-refractivity contribution in [3.05, 3.63) is 52.9 Å². The summed E-state index contributed by atoms with van der Waals surface area (Å²) in [6.45, 7) is 2.32. The Morgan fingerprint density at radius 1 is 1.42 bits per heavy atom. The molecule has 26 heavy (non-hydrogen) atoms. The lowest BCUT2D eigenvalue weighted by Crippen LogP contribution is -2.15. The number of carboxylic acids is 1. The van der Waals surface area contributed by atoms with E-state index in [9.17, 15) is 4.79 Å². The van der Waals surface area contributed by atoms with Gasteiger partial charge >= 0.3 is 5.97 Å². The van der Waals surface area contributed by atoms with Crippen LogP contribution in [0.4, 0.5) is 0 Å². The van der Waals surface area contributed by atoms with Crippen molar-refractivity contribution < 1.29 is 19.1 Å². The molecule has 8 heteroatoms. The average molecular weight is 437 g/mol. The fourth-order valence-corrected chi connectivity index (χ4v) is 3.35. The minimum absolute atomic E-state index is 0.367. The third kappa shape index (κ3) is 4.70. The molecular weight excluding hydrogens is 420 g/mol. The number of hydrogen-bond donors (Lipinski definition) is 1. The number of pyridine rings is 1. The molecule has 0 aliphatic heterocycles. The summed E-state index contributed by atoms with van der Waals surface area (Å²) in [5.41, 5.74) is 1.70. The molecule has 1 atom stereocenters. The Morgan fingerprint density at radius 2 is 2.27 bits per heavy atom. The molecule has 3 heterocycles. The predicted molar refractivity (Wildman–Crippen MR) is 102 cm³/mol. The number of hydrogen-bond acceptors (Lipinski definition) is 6. The third-order valence-corrected chi connectivity index (χ3v) is 5.27. The predicted octanol–water partition coefficient (Wildman–Crippen LogP) is 4.12. The maximum absolute atomic E-state index is 10.8.